The zero-order valence-electron chi connectivity index (χ0n) is 19.6. The minimum Gasteiger partial charge on any atom is -0.456 e. The third-order valence-corrected chi connectivity index (χ3v) is 6.10. The number of hydrogen-bond donors (Lipinski definition) is 0. The van der Waals surface area contributed by atoms with Crippen LogP contribution >= 0.6 is 34.8 Å². The van der Waals surface area contributed by atoms with Gasteiger partial charge in [-0.2, -0.15) is 0 Å². The van der Waals surface area contributed by atoms with E-state index in [2.05, 4.69) is 11.9 Å². The Kier molecular flexibility index (Phi) is 8.71. The summed E-state index contributed by atoms with van der Waals surface area (Å²) in [5.74, 6) is -1.17. The Morgan fingerprint density at radius 2 is 1.79 bits per heavy atom. The maximum atomic E-state index is 11.9. The minimum atomic E-state index is -1.04. The molecule has 0 spiro atoms. The lowest BCUT2D eigenvalue weighted by Crippen LogP contribution is -2.40. The van der Waals surface area contributed by atoms with E-state index < -0.39 is 36.5 Å². The van der Waals surface area contributed by atoms with Crippen molar-refractivity contribution in [2.24, 2.45) is 0 Å². The summed E-state index contributed by atoms with van der Waals surface area (Å²) in [6.45, 7) is 4.77. The van der Waals surface area contributed by atoms with E-state index in [0.717, 1.165) is 12.8 Å². The number of carbonyl (C=O) groups is 2. The smallest absolute Gasteiger partial charge is 0.303 e. The summed E-state index contributed by atoms with van der Waals surface area (Å²) >= 11 is 18.7. The third kappa shape index (κ3) is 6.31. The van der Waals surface area contributed by atoms with Crippen LogP contribution in [0.3, 0.4) is 0 Å². The fourth-order valence-electron chi connectivity index (χ4n) is 3.70. The van der Waals surface area contributed by atoms with Crippen LogP contribution in [0, 0.1) is 0 Å². The molecule has 5 atom stereocenters. The van der Waals surface area contributed by atoms with E-state index in [1.54, 1.807) is 12.1 Å². The SMILES string of the molecule is [2H]C(CCCC)COC[C@H]1OC(n2c(Cl)nc3cc(Cl)c(Cl)cc32)[C@H](OC(C)=O)[C@@H]1OC(C)=O. The first-order valence-electron chi connectivity index (χ1n) is 11.2. The zero-order valence-corrected chi connectivity index (χ0v) is 20.8. The number of esters is 2. The maximum Gasteiger partial charge on any atom is 0.303 e. The highest BCUT2D eigenvalue weighted by Gasteiger charge is 2.51. The van der Waals surface area contributed by atoms with Crippen molar-refractivity contribution >= 4 is 57.8 Å². The Morgan fingerprint density at radius 1 is 1.12 bits per heavy atom. The largest absolute Gasteiger partial charge is 0.456 e. The highest BCUT2D eigenvalue weighted by Crippen LogP contribution is 2.39. The number of carbonyl (C=O) groups excluding carboxylic acids is 2. The van der Waals surface area contributed by atoms with Gasteiger partial charge in [0.25, 0.3) is 0 Å². The monoisotopic (exact) mass is 521 g/mol. The van der Waals surface area contributed by atoms with E-state index in [4.69, 9.17) is 55.1 Å². The summed E-state index contributed by atoms with van der Waals surface area (Å²) in [6, 6.07) is 3.14. The molecule has 0 amide bonds. The quantitative estimate of drug-likeness (QED) is 0.388. The zero-order chi connectivity index (χ0) is 25.0. The van der Waals surface area contributed by atoms with Crippen molar-refractivity contribution < 1.29 is 29.9 Å². The van der Waals surface area contributed by atoms with Gasteiger partial charge in [-0.15, -0.1) is 0 Å². The molecular formula is C22H27Cl3N2O6. The van der Waals surface area contributed by atoms with E-state index in [0.29, 0.717) is 22.5 Å². The molecule has 1 fully saturated rings. The highest BCUT2D eigenvalue weighted by molar-refractivity contribution is 6.42. The topological polar surface area (TPSA) is 88.9 Å². The Labute approximate surface area is 208 Å². The van der Waals surface area contributed by atoms with Gasteiger partial charge in [0.2, 0.25) is 5.28 Å². The van der Waals surface area contributed by atoms with Gasteiger partial charge < -0.3 is 18.9 Å². The summed E-state index contributed by atoms with van der Waals surface area (Å²) in [6.07, 6.45) is -1.51. The number of imidazole rings is 1. The molecule has 0 bridgehead atoms. The van der Waals surface area contributed by atoms with E-state index >= 15 is 0 Å². The van der Waals surface area contributed by atoms with Crippen molar-refractivity contribution in [1.82, 2.24) is 9.55 Å². The van der Waals surface area contributed by atoms with Crippen LogP contribution in [0.25, 0.3) is 11.0 Å². The van der Waals surface area contributed by atoms with Gasteiger partial charge >= 0.3 is 11.9 Å². The van der Waals surface area contributed by atoms with Crippen LogP contribution in [-0.4, -0.2) is 53.0 Å². The third-order valence-electron chi connectivity index (χ3n) is 5.11. The van der Waals surface area contributed by atoms with Crippen molar-refractivity contribution in [3.05, 3.63) is 27.5 Å². The standard InChI is InChI=1S/C22H27Cl3N2O6/c1-4-5-6-7-8-30-11-18-19(31-12(2)28)20(32-13(3)29)21(33-18)27-17-10-15(24)14(23)9-16(17)26-22(27)25/h9-10,18-21H,4-8,11H2,1-3H3/t18-,19-,20-,21?/m1/s1/i7D/t7?,18-,19-,20-,21?. The van der Waals surface area contributed by atoms with E-state index in [9.17, 15) is 9.59 Å². The van der Waals surface area contributed by atoms with Gasteiger partial charge in [-0.3, -0.25) is 14.2 Å². The van der Waals surface area contributed by atoms with Crippen LogP contribution in [-0.2, 0) is 28.5 Å². The highest BCUT2D eigenvalue weighted by atomic mass is 35.5. The number of halogens is 3. The van der Waals surface area contributed by atoms with Gasteiger partial charge in [0, 0.05) is 21.8 Å². The van der Waals surface area contributed by atoms with Crippen LogP contribution < -0.4 is 0 Å². The van der Waals surface area contributed by atoms with Crippen molar-refractivity contribution in [3.8, 4) is 0 Å². The van der Waals surface area contributed by atoms with Gasteiger partial charge in [-0.25, -0.2) is 4.98 Å². The van der Waals surface area contributed by atoms with Gasteiger partial charge in [0.15, 0.2) is 18.4 Å². The van der Waals surface area contributed by atoms with Crippen LogP contribution in [0.5, 0.6) is 0 Å². The Hall–Kier alpha value is -1.58. The molecule has 0 radical (unpaired) electrons. The first-order valence-corrected chi connectivity index (χ1v) is 11.8. The molecule has 2 aromatic rings. The van der Waals surface area contributed by atoms with Crippen molar-refractivity contribution in [3.63, 3.8) is 0 Å². The number of nitrogens with zero attached hydrogens (tertiary/aromatic N) is 2. The van der Waals surface area contributed by atoms with Crippen LogP contribution in [0.15, 0.2) is 12.1 Å². The molecule has 8 nitrogen and oxygen atoms in total. The number of ether oxygens (including phenoxy) is 4. The summed E-state index contributed by atoms with van der Waals surface area (Å²) in [7, 11) is 0. The van der Waals surface area contributed by atoms with Crippen LogP contribution in [0.1, 0.15) is 54.0 Å². The summed E-state index contributed by atoms with van der Waals surface area (Å²) in [5.41, 5.74) is 0.955. The molecule has 3 rings (SSSR count). The lowest BCUT2D eigenvalue weighted by Gasteiger charge is -2.24. The fourth-order valence-corrected chi connectivity index (χ4v) is 4.30. The van der Waals surface area contributed by atoms with E-state index in [1.165, 1.54) is 18.4 Å². The van der Waals surface area contributed by atoms with Crippen LogP contribution in [0.2, 0.25) is 15.3 Å². The first kappa shape index (κ1) is 24.5. The van der Waals surface area contributed by atoms with Gasteiger partial charge in [-0.05, 0) is 30.1 Å². The number of aromatic nitrogens is 2. The predicted molar refractivity (Wildman–Crippen MR) is 125 cm³/mol. The molecule has 1 aromatic heterocycles. The minimum absolute atomic E-state index is 0.0184. The van der Waals surface area contributed by atoms with Gasteiger partial charge in [0.05, 0.1) is 27.7 Å². The molecule has 0 N–H and O–H groups in total. The van der Waals surface area contributed by atoms with Crippen molar-refractivity contribution in [2.75, 3.05) is 13.2 Å². The lowest BCUT2D eigenvalue weighted by molar-refractivity contribution is -0.165. The molecule has 1 aliphatic heterocycles. The number of unbranched alkanes of at least 4 members (excludes halogenated alkanes) is 1. The van der Waals surface area contributed by atoms with Gasteiger partial charge in [-0.1, -0.05) is 49.4 Å². The second kappa shape index (κ2) is 11.7. The summed E-state index contributed by atoms with van der Waals surface area (Å²) < 4.78 is 32.5. The average molecular weight is 523 g/mol. The molecule has 2 unspecified atom stereocenters. The Morgan fingerprint density at radius 3 is 2.45 bits per heavy atom. The van der Waals surface area contributed by atoms with E-state index in [-0.39, 0.29) is 29.9 Å². The normalized spacial score (nSPS) is 24.0. The Balaban J connectivity index is 1.92. The second-order valence-corrected chi connectivity index (χ2v) is 8.84. The molecule has 11 heteroatoms. The Bertz CT molecular complexity index is 1040. The first-order chi connectivity index (χ1) is 16.1. The number of fused-ring (bicyclic) bond motifs is 1. The second-order valence-electron chi connectivity index (χ2n) is 7.69. The summed E-state index contributed by atoms with van der Waals surface area (Å²) in [5, 5.41) is 0.625. The maximum absolute atomic E-state index is 11.9. The van der Waals surface area contributed by atoms with Crippen molar-refractivity contribution in [1.29, 1.82) is 0 Å². The number of benzene rings is 1. The fraction of sp³-hybridized carbons (Fsp3) is 0.591. The molecule has 1 aliphatic rings. The van der Waals surface area contributed by atoms with Crippen molar-refractivity contribution in [2.45, 2.75) is 71.0 Å². The molecular weight excluding hydrogens is 495 g/mol. The summed E-state index contributed by atoms with van der Waals surface area (Å²) in [4.78, 5) is 28.1. The molecule has 0 saturated carbocycles. The van der Waals surface area contributed by atoms with Crippen LogP contribution in [0.4, 0.5) is 0 Å². The number of rotatable bonds is 10. The molecule has 1 aromatic carbocycles. The number of hydrogen-bond acceptors (Lipinski definition) is 7. The van der Waals surface area contributed by atoms with E-state index in [1.807, 2.05) is 0 Å². The molecule has 33 heavy (non-hydrogen) atoms. The molecule has 182 valence electrons. The molecule has 1 saturated heterocycles. The van der Waals surface area contributed by atoms with Gasteiger partial charge in [0.1, 0.15) is 6.10 Å². The molecule has 2 heterocycles. The average Bonchev–Trinajstić information content (AvgIpc) is 3.22. The lowest BCUT2D eigenvalue weighted by atomic mass is 10.1. The predicted octanol–water partition coefficient (Wildman–Crippen LogP) is 5.35. The molecule has 0 aliphatic carbocycles.